The minimum Gasteiger partial charge on any atom is -0.480 e. The third kappa shape index (κ3) is 2.53. The summed E-state index contributed by atoms with van der Waals surface area (Å²) in [6.07, 6.45) is 1.99. The molecule has 72 valence electrons. The highest BCUT2D eigenvalue weighted by Crippen LogP contribution is 2.15. The maximum atomic E-state index is 10.4. The Morgan fingerprint density at radius 3 is 2.92 bits per heavy atom. The first-order valence-corrected chi connectivity index (χ1v) is 4.46. The summed E-state index contributed by atoms with van der Waals surface area (Å²) in [7, 11) is 1.76. The van der Waals surface area contributed by atoms with E-state index in [2.05, 4.69) is 21.0 Å². The van der Waals surface area contributed by atoms with Gasteiger partial charge in [0.05, 0.1) is 10.2 Å². The molecule has 1 aromatic rings. The number of aliphatic carboxylic acids is 1. The molecule has 0 saturated heterocycles. The molecule has 0 saturated carbocycles. The van der Waals surface area contributed by atoms with Crippen molar-refractivity contribution >= 4 is 21.9 Å². The molecular formula is C7H10BrN3O2. The van der Waals surface area contributed by atoms with Gasteiger partial charge < -0.3 is 10.8 Å². The van der Waals surface area contributed by atoms with Gasteiger partial charge in [-0.2, -0.15) is 5.10 Å². The predicted octanol–water partition coefficient (Wildman–Crippen LogP) is 0.137. The zero-order valence-electron chi connectivity index (χ0n) is 7.07. The van der Waals surface area contributed by atoms with E-state index in [-0.39, 0.29) is 6.42 Å². The highest BCUT2D eigenvalue weighted by Gasteiger charge is 2.15. The lowest BCUT2D eigenvalue weighted by Crippen LogP contribution is -2.32. The van der Waals surface area contributed by atoms with Crippen LogP contribution in [-0.2, 0) is 18.3 Å². The molecule has 5 nitrogen and oxygen atoms in total. The zero-order valence-corrected chi connectivity index (χ0v) is 8.65. The summed E-state index contributed by atoms with van der Waals surface area (Å²) >= 11 is 3.26. The van der Waals surface area contributed by atoms with E-state index in [1.165, 1.54) is 0 Å². The van der Waals surface area contributed by atoms with Gasteiger partial charge in [-0.3, -0.25) is 9.48 Å². The van der Waals surface area contributed by atoms with Gasteiger partial charge in [0.25, 0.3) is 0 Å². The molecule has 0 radical (unpaired) electrons. The van der Waals surface area contributed by atoms with E-state index in [0.717, 1.165) is 4.47 Å². The molecule has 0 amide bonds. The van der Waals surface area contributed by atoms with Crippen LogP contribution in [0.5, 0.6) is 0 Å². The van der Waals surface area contributed by atoms with Gasteiger partial charge in [-0.1, -0.05) is 0 Å². The SMILES string of the molecule is Cn1cc(Br)c(C[C@H](N)C(=O)O)n1. The van der Waals surface area contributed by atoms with Gasteiger partial charge in [0.15, 0.2) is 0 Å². The van der Waals surface area contributed by atoms with Crippen molar-refractivity contribution in [3.8, 4) is 0 Å². The highest BCUT2D eigenvalue weighted by molar-refractivity contribution is 9.10. The minimum absolute atomic E-state index is 0.233. The number of hydrogen-bond acceptors (Lipinski definition) is 3. The fraction of sp³-hybridized carbons (Fsp3) is 0.429. The Balaban J connectivity index is 2.74. The molecule has 0 fully saturated rings. The van der Waals surface area contributed by atoms with E-state index in [4.69, 9.17) is 10.8 Å². The van der Waals surface area contributed by atoms with Crippen LogP contribution < -0.4 is 5.73 Å². The first-order valence-electron chi connectivity index (χ1n) is 3.67. The van der Waals surface area contributed by atoms with E-state index in [9.17, 15) is 4.79 Å². The molecule has 0 aliphatic rings. The first-order chi connectivity index (χ1) is 6.00. The Kier molecular flexibility index (Phi) is 3.05. The highest BCUT2D eigenvalue weighted by atomic mass is 79.9. The molecule has 1 aromatic heterocycles. The Morgan fingerprint density at radius 2 is 2.54 bits per heavy atom. The largest absolute Gasteiger partial charge is 0.480 e. The average Bonchev–Trinajstić information content (AvgIpc) is 2.30. The quantitative estimate of drug-likeness (QED) is 0.797. The molecule has 0 aromatic carbocycles. The number of nitrogens with zero attached hydrogens (tertiary/aromatic N) is 2. The minimum atomic E-state index is -1.02. The number of halogens is 1. The van der Waals surface area contributed by atoms with Crippen molar-refractivity contribution in [2.75, 3.05) is 0 Å². The normalized spacial score (nSPS) is 12.8. The molecule has 0 spiro atoms. The van der Waals surface area contributed by atoms with E-state index in [1.54, 1.807) is 17.9 Å². The molecule has 1 rings (SSSR count). The summed E-state index contributed by atoms with van der Waals surface area (Å²) in [4.78, 5) is 10.4. The number of carbonyl (C=O) groups is 1. The van der Waals surface area contributed by atoms with Crippen molar-refractivity contribution in [2.24, 2.45) is 12.8 Å². The van der Waals surface area contributed by atoms with Crippen LogP contribution >= 0.6 is 15.9 Å². The number of aryl methyl sites for hydroxylation is 1. The summed E-state index contributed by atoms with van der Waals surface area (Å²) in [5.74, 6) is -1.02. The molecule has 13 heavy (non-hydrogen) atoms. The standard InChI is InChI=1S/C7H10BrN3O2/c1-11-3-4(8)6(10-11)2-5(9)7(12)13/h3,5H,2,9H2,1H3,(H,12,13)/t5-/m0/s1. The number of hydrogen-bond donors (Lipinski definition) is 2. The fourth-order valence-electron chi connectivity index (χ4n) is 0.940. The Morgan fingerprint density at radius 1 is 1.92 bits per heavy atom. The number of nitrogens with two attached hydrogens (primary N) is 1. The lowest BCUT2D eigenvalue weighted by Gasteiger charge is -2.02. The van der Waals surface area contributed by atoms with Crippen LogP contribution in [-0.4, -0.2) is 26.9 Å². The van der Waals surface area contributed by atoms with Crippen LogP contribution in [0.3, 0.4) is 0 Å². The van der Waals surface area contributed by atoms with Crippen LogP contribution in [0.15, 0.2) is 10.7 Å². The van der Waals surface area contributed by atoms with Crippen LogP contribution in [0, 0.1) is 0 Å². The van der Waals surface area contributed by atoms with Crippen LogP contribution in [0.2, 0.25) is 0 Å². The van der Waals surface area contributed by atoms with Gasteiger partial charge in [0, 0.05) is 19.7 Å². The van der Waals surface area contributed by atoms with Gasteiger partial charge in [0.1, 0.15) is 6.04 Å². The van der Waals surface area contributed by atoms with Crippen molar-refractivity contribution < 1.29 is 9.90 Å². The van der Waals surface area contributed by atoms with Gasteiger partial charge in [-0.05, 0) is 15.9 Å². The topological polar surface area (TPSA) is 81.1 Å². The molecule has 0 bridgehead atoms. The summed E-state index contributed by atoms with van der Waals surface area (Å²) in [6.45, 7) is 0. The number of aromatic nitrogens is 2. The second-order valence-corrected chi connectivity index (χ2v) is 3.60. The molecule has 0 aliphatic carbocycles. The lowest BCUT2D eigenvalue weighted by molar-refractivity contribution is -0.138. The summed E-state index contributed by atoms with van der Waals surface area (Å²) in [5, 5.41) is 12.6. The molecule has 0 aliphatic heterocycles. The Bertz CT molecular complexity index is 324. The van der Waals surface area contributed by atoms with E-state index in [1.807, 2.05) is 0 Å². The van der Waals surface area contributed by atoms with Gasteiger partial charge >= 0.3 is 5.97 Å². The van der Waals surface area contributed by atoms with Crippen molar-refractivity contribution in [1.29, 1.82) is 0 Å². The smallest absolute Gasteiger partial charge is 0.320 e. The monoisotopic (exact) mass is 247 g/mol. The van der Waals surface area contributed by atoms with Crippen molar-refractivity contribution in [3.63, 3.8) is 0 Å². The molecule has 6 heteroatoms. The van der Waals surface area contributed by atoms with E-state index in [0.29, 0.717) is 5.69 Å². The third-order valence-corrected chi connectivity index (χ3v) is 2.25. The van der Waals surface area contributed by atoms with Gasteiger partial charge in [-0.25, -0.2) is 0 Å². The number of carboxylic acids is 1. The summed E-state index contributed by atoms with van der Waals surface area (Å²) in [6, 6.07) is -0.897. The zero-order chi connectivity index (χ0) is 10.0. The van der Waals surface area contributed by atoms with Crippen molar-refractivity contribution in [2.45, 2.75) is 12.5 Å². The molecule has 1 atom stereocenters. The summed E-state index contributed by atoms with van der Waals surface area (Å²) < 4.78 is 2.39. The van der Waals surface area contributed by atoms with Gasteiger partial charge in [-0.15, -0.1) is 0 Å². The van der Waals surface area contributed by atoms with Crippen LogP contribution in [0.1, 0.15) is 5.69 Å². The van der Waals surface area contributed by atoms with Crippen LogP contribution in [0.4, 0.5) is 0 Å². The fourth-order valence-corrected chi connectivity index (χ4v) is 1.48. The maximum absolute atomic E-state index is 10.4. The summed E-state index contributed by atoms with van der Waals surface area (Å²) in [5.41, 5.74) is 6.02. The average molecular weight is 248 g/mol. The second-order valence-electron chi connectivity index (χ2n) is 2.75. The second kappa shape index (κ2) is 3.89. The van der Waals surface area contributed by atoms with Gasteiger partial charge in [0.2, 0.25) is 0 Å². The van der Waals surface area contributed by atoms with E-state index >= 15 is 0 Å². The van der Waals surface area contributed by atoms with Crippen molar-refractivity contribution in [3.05, 3.63) is 16.4 Å². The number of carboxylic acid groups (broad SMARTS) is 1. The predicted molar refractivity (Wildman–Crippen MR) is 50.2 cm³/mol. The number of rotatable bonds is 3. The lowest BCUT2D eigenvalue weighted by atomic mass is 10.2. The van der Waals surface area contributed by atoms with E-state index < -0.39 is 12.0 Å². The third-order valence-electron chi connectivity index (χ3n) is 1.58. The first kappa shape index (κ1) is 10.2. The van der Waals surface area contributed by atoms with Crippen molar-refractivity contribution in [1.82, 2.24) is 9.78 Å². The Labute approximate surface area is 83.7 Å². The molecule has 0 unspecified atom stereocenters. The molecular weight excluding hydrogens is 238 g/mol. The maximum Gasteiger partial charge on any atom is 0.320 e. The van der Waals surface area contributed by atoms with Crippen LogP contribution in [0.25, 0.3) is 0 Å². The molecule has 3 N–H and O–H groups in total. The Hall–Kier alpha value is -0.880. The molecule has 1 heterocycles.